The molecule has 2 aromatic heterocycles. The molecule has 2 heterocycles. The fourth-order valence-corrected chi connectivity index (χ4v) is 2.81. The number of amides is 1. The molecular formula is C13H11N3O4S. The molecule has 0 saturated carbocycles. The van der Waals surface area contributed by atoms with E-state index >= 15 is 0 Å². The van der Waals surface area contributed by atoms with E-state index in [0.717, 1.165) is 15.9 Å². The molecule has 0 unspecified atom stereocenters. The van der Waals surface area contributed by atoms with Crippen molar-refractivity contribution in [2.45, 2.75) is 13.5 Å². The Morgan fingerprint density at radius 2 is 2.29 bits per heavy atom. The van der Waals surface area contributed by atoms with Gasteiger partial charge >= 0.3 is 5.97 Å². The molecule has 0 fully saturated rings. The first-order valence-corrected chi connectivity index (χ1v) is 6.69. The number of carboxylic acid groups (broad SMARTS) is 1. The number of terminal acetylenes is 1. The van der Waals surface area contributed by atoms with Gasteiger partial charge in [-0.1, -0.05) is 5.92 Å². The zero-order valence-corrected chi connectivity index (χ0v) is 11.9. The maximum absolute atomic E-state index is 12.3. The van der Waals surface area contributed by atoms with Gasteiger partial charge in [-0.25, -0.2) is 9.78 Å². The van der Waals surface area contributed by atoms with Crippen molar-refractivity contribution in [1.82, 2.24) is 14.9 Å². The second kappa shape index (κ2) is 5.76. The van der Waals surface area contributed by atoms with E-state index in [1.807, 2.05) is 0 Å². The van der Waals surface area contributed by atoms with Gasteiger partial charge in [0.25, 0.3) is 5.56 Å². The van der Waals surface area contributed by atoms with Gasteiger partial charge in [-0.15, -0.1) is 17.8 Å². The number of aromatic nitrogens is 2. The van der Waals surface area contributed by atoms with Crippen molar-refractivity contribution < 1.29 is 14.7 Å². The first-order chi connectivity index (χ1) is 9.95. The van der Waals surface area contributed by atoms with Gasteiger partial charge in [0, 0.05) is 0 Å². The Labute approximate surface area is 123 Å². The molecule has 0 saturated heterocycles. The van der Waals surface area contributed by atoms with Crippen LogP contribution >= 0.6 is 11.3 Å². The highest BCUT2D eigenvalue weighted by molar-refractivity contribution is 7.20. The molecule has 0 aliphatic carbocycles. The van der Waals surface area contributed by atoms with E-state index in [2.05, 4.69) is 16.2 Å². The highest BCUT2D eigenvalue weighted by atomic mass is 32.1. The van der Waals surface area contributed by atoms with Crippen LogP contribution in [0.25, 0.3) is 10.2 Å². The van der Waals surface area contributed by atoms with Gasteiger partial charge in [0.15, 0.2) is 0 Å². The third kappa shape index (κ3) is 2.78. The molecular weight excluding hydrogens is 294 g/mol. The minimum atomic E-state index is -1.10. The average molecular weight is 305 g/mol. The Balaban J connectivity index is 2.45. The number of thiophene rings is 1. The van der Waals surface area contributed by atoms with Gasteiger partial charge in [-0.2, -0.15) is 0 Å². The van der Waals surface area contributed by atoms with Gasteiger partial charge in [0.05, 0.1) is 18.3 Å². The number of aromatic carboxylic acids is 1. The Morgan fingerprint density at radius 1 is 1.57 bits per heavy atom. The van der Waals surface area contributed by atoms with Crippen LogP contribution in [0.1, 0.15) is 15.2 Å². The van der Waals surface area contributed by atoms with Gasteiger partial charge in [0.2, 0.25) is 5.91 Å². The van der Waals surface area contributed by atoms with E-state index in [9.17, 15) is 14.4 Å². The van der Waals surface area contributed by atoms with Crippen molar-refractivity contribution in [3.63, 3.8) is 0 Å². The zero-order valence-electron chi connectivity index (χ0n) is 11.0. The monoisotopic (exact) mass is 305 g/mol. The van der Waals surface area contributed by atoms with Crippen LogP contribution in [-0.2, 0) is 11.3 Å². The number of carbonyl (C=O) groups excluding carboxylic acids is 1. The normalized spacial score (nSPS) is 10.3. The van der Waals surface area contributed by atoms with Crippen molar-refractivity contribution in [3.8, 4) is 12.3 Å². The Bertz CT molecular complexity index is 828. The van der Waals surface area contributed by atoms with Crippen LogP contribution in [0.5, 0.6) is 0 Å². The van der Waals surface area contributed by atoms with Crippen LogP contribution < -0.4 is 10.9 Å². The van der Waals surface area contributed by atoms with Crippen LogP contribution in [0, 0.1) is 19.3 Å². The third-order valence-corrected chi connectivity index (χ3v) is 4.00. The van der Waals surface area contributed by atoms with Crippen LogP contribution in [0.4, 0.5) is 0 Å². The first kappa shape index (κ1) is 14.7. The molecule has 1 amide bonds. The molecule has 0 aliphatic heterocycles. The van der Waals surface area contributed by atoms with Crippen molar-refractivity contribution in [3.05, 3.63) is 27.1 Å². The number of nitrogens with one attached hydrogen (secondary N) is 1. The standard InChI is InChI=1S/C13H11N3O4S/c1-3-4-14-8(17)5-16-6-15-11-9(12(16)18)7(2)10(21-11)13(19)20/h1,6H,4-5H2,2H3,(H,14,17)(H,19,20). The van der Waals surface area contributed by atoms with Crippen LogP contribution in [0.3, 0.4) is 0 Å². The molecule has 7 nitrogen and oxygen atoms in total. The fraction of sp³-hybridized carbons (Fsp3) is 0.231. The average Bonchev–Trinajstić information content (AvgIpc) is 2.78. The first-order valence-electron chi connectivity index (χ1n) is 5.87. The van der Waals surface area contributed by atoms with E-state index in [0.29, 0.717) is 10.4 Å². The number of hydrogen-bond acceptors (Lipinski definition) is 5. The molecule has 2 aromatic rings. The Kier molecular flexibility index (Phi) is 4.05. The molecule has 0 radical (unpaired) electrons. The second-order valence-electron chi connectivity index (χ2n) is 4.20. The van der Waals surface area contributed by atoms with E-state index < -0.39 is 17.4 Å². The molecule has 2 rings (SSSR count). The maximum Gasteiger partial charge on any atom is 0.346 e. The minimum absolute atomic E-state index is 0.0733. The summed E-state index contributed by atoms with van der Waals surface area (Å²) in [5, 5.41) is 11.7. The zero-order chi connectivity index (χ0) is 15.6. The van der Waals surface area contributed by atoms with Crippen LogP contribution in [-0.4, -0.2) is 33.1 Å². The second-order valence-corrected chi connectivity index (χ2v) is 5.20. The van der Waals surface area contributed by atoms with Crippen LogP contribution in [0.15, 0.2) is 11.1 Å². The summed E-state index contributed by atoms with van der Waals surface area (Å²) in [4.78, 5) is 39.4. The summed E-state index contributed by atoms with van der Waals surface area (Å²) in [5.41, 5.74) is -0.0875. The fourth-order valence-electron chi connectivity index (χ4n) is 1.84. The molecule has 2 N–H and O–H groups in total. The van der Waals surface area contributed by atoms with Gasteiger partial charge < -0.3 is 10.4 Å². The summed E-state index contributed by atoms with van der Waals surface area (Å²) in [6.45, 7) is 1.40. The molecule has 0 aliphatic rings. The summed E-state index contributed by atoms with van der Waals surface area (Å²) in [7, 11) is 0. The Hall–Kier alpha value is -2.66. The summed E-state index contributed by atoms with van der Waals surface area (Å²) in [5.74, 6) is 0.737. The van der Waals surface area contributed by atoms with Crippen LogP contribution in [0.2, 0.25) is 0 Å². The number of fused-ring (bicyclic) bond motifs is 1. The number of nitrogens with zero attached hydrogens (tertiary/aromatic N) is 2. The largest absolute Gasteiger partial charge is 0.477 e. The van der Waals surface area contributed by atoms with Crippen molar-refractivity contribution in [2.75, 3.05) is 6.54 Å². The van der Waals surface area contributed by atoms with Gasteiger partial charge in [-0.3, -0.25) is 14.2 Å². The number of carboxylic acids is 1. The number of hydrogen-bond donors (Lipinski definition) is 2. The highest BCUT2D eigenvalue weighted by Crippen LogP contribution is 2.26. The van der Waals surface area contributed by atoms with Crippen molar-refractivity contribution >= 4 is 33.4 Å². The minimum Gasteiger partial charge on any atom is -0.477 e. The van der Waals surface area contributed by atoms with Gasteiger partial charge in [-0.05, 0) is 12.5 Å². The SMILES string of the molecule is C#CCNC(=O)Cn1cnc2sc(C(=O)O)c(C)c2c1=O. The van der Waals surface area contributed by atoms with Crippen molar-refractivity contribution in [1.29, 1.82) is 0 Å². The molecule has 0 aromatic carbocycles. The number of aryl methyl sites for hydroxylation is 1. The third-order valence-electron chi connectivity index (χ3n) is 2.81. The summed E-state index contributed by atoms with van der Waals surface area (Å²) in [6.07, 6.45) is 6.25. The molecule has 108 valence electrons. The predicted octanol–water partition coefficient (Wildman–Crippen LogP) is 0.214. The molecule has 8 heteroatoms. The lowest BCUT2D eigenvalue weighted by atomic mass is 10.2. The van der Waals surface area contributed by atoms with E-state index in [4.69, 9.17) is 11.5 Å². The lowest BCUT2D eigenvalue weighted by Gasteiger charge is -2.05. The van der Waals surface area contributed by atoms with Crippen molar-refractivity contribution in [2.24, 2.45) is 0 Å². The van der Waals surface area contributed by atoms with Gasteiger partial charge in [0.1, 0.15) is 16.3 Å². The van der Waals surface area contributed by atoms with E-state index in [1.54, 1.807) is 6.92 Å². The summed E-state index contributed by atoms with van der Waals surface area (Å²) in [6, 6.07) is 0. The summed E-state index contributed by atoms with van der Waals surface area (Å²) < 4.78 is 1.12. The lowest BCUT2D eigenvalue weighted by molar-refractivity contribution is -0.121. The quantitative estimate of drug-likeness (QED) is 0.787. The summed E-state index contributed by atoms with van der Waals surface area (Å²) >= 11 is 0.937. The smallest absolute Gasteiger partial charge is 0.346 e. The van der Waals surface area contributed by atoms with E-state index in [1.165, 1.54) is 6.33 Å². The van der Waals surface area contributed by atoms with E-state index in [-0.39, 0.29) is 23.4 Å². The lowest BCUT2D eigenvalue weighted by Crippen LogP contribution is -2.32. The molecule has 0 atom stereocenters. The predicted molar refractivity (Wildman–Crippen MR) is 77.4 cm³/mol. The maximum atomic E-state index is 12.3. The molecule has 0 spiro atoms. The molecule has 21 heavy (non-hydrogen) atoms. The molecule has 0 bridgehead atoms. The topological polar surface area (TPSA) is 101 Å². The number of rotatable bonds is 4. The number of carbonyl (C=O) groups is 2. The Morgan fingerprint density at radius 3 is 2.90 bits per heavy atom. The highest BCUT2D eigenvalue weighted by Gasteiger charge is 2.19.